The first kappa shape index (κ1) is 7.41. The highest BCUT2D eigenvalue weighted by Gasteiger charge is 2.49. The Morgan fingerprint density at radius 2 is 1.33 bits per heavy atom. The van der Waals surface area contributed by atoms with Crippen LogP contribution >= 0.6 is 0 Å². The third-order valence-electron chi connectivity index (χ3n) is 4.70. The van der Waals surface area contributed by atoms with Crippen LogP contribution in [0, 0.1) is 30.1 Å². The number of hydrogen-bond acceptors (Lipinski definition) is 0. The van der Waals surface area contributed by atoms with E-state index in [-0.39, 0.29) is 0 Å². The van der Waals surface area contributed by atoms with Gasteiger partial charge in [0.1, 0.15) is 0 Å². The van der Waals surface area contributed by atoms with E-state index in [1.807, 2.05) is 0 Å². The fourth-order valence-corrected chi connectivity index (χ4v) is 4.60. The lowest BCUT2D eigenvalue weighted by Gasteiger charge is -2.56. The summed E-state index contributed by atoms with van der Waals surface area (Å²) >= 11 is 0. The van der Waals surface area contributed by atoms with E-state index in [1.54, 1.807) is 19.3 Å². The summed E-state index contributed by atoms with van der Waals surface area (Å²) in [5, 5.41) is 0. The van der Waals surface area contributed by atoms with Gasteiger partial charge in [0.25, 0.3) is 0 Å². The minimum atomic E-state index is 0.731. The zero-order chi connectivity index (χ0) is 8.18. The van der Waals surface area contributed by atoms with Crippen molar-refractivity contribution in [1.29, 1.82) is 0 Å². The molecule has 4 saturated carbocycles. The van der Waals surface area contributed by atoms with Gasteiger partial charge in [-0.25, -0.2) is 0 Å². The van der Waals surface area contributed by atoms with E-state index in [2.05, 4.69) is 6.92 Å². The van der Waals surface area contributed by atoms with Crippen LogP contribution in [0.4, 0.5) is 0 Å². The predicted octanol–water partition coefficient (Wildman–Crippen LogP) is 3.43. The lowest BCUT2D eigenvalue weighted by molar-refractivity contribution is -0.0510. The Balaban J connectivity index is 1.90. The maximum absolute atomic E-state index is 4.18. The third kappa shape index (κ3) is 0.900. The van der Waals surface area contributed by atoms with Crippen molar-refractivity contribution < 1.29 is 0 Å². The van der Waals surface area contributed by atoms with Crippen LogP contribution in [0.1, 0.15) is 44.9 Å². The van der Waals surface area contributed by atoms with Gasteiger partial charge in [0, 0.05) is 0 Å². The summed E-state index contributed by atoms with van der Waals surface area (Å²) < 4.78 is 0. The van der Waals surface area contributed by atoms with Crippen molar-refractivity contribution in [3.8, 4) is 0 Å². The third-order valence-corrected chi connectivity index (χ3v) is 4.70. The molecule has 0 saturated heterocycles. The van der Waals surface area contributed by atoms with Crippen molar-refractivity contribution >= 4 is 0 Å². The van der Waals surface area contributed by atoms with Crippen molar-refractivity contribution in [1.82, 2.24) is 0 Å². The van der Waals surface area contributed by atoms with Gasteiger partial charge in [-0.2, -0.15) is 0 Å². The second-order valence-corrected chi connectivity index (χ2v) is 5.67. The molecule has 0 atom stereocenters. The van der Waals surface area contributed by atoms with Gasteiger partial charge in [-0.3, -0.25) is 0 Å². The first-order valence-electron chi connectivity index (χ1n) is 5.59. The van der Waals surface area contributed by atoms with E-state index >= 15 is 0 Å². The van der Waals surface area contributed by atoms with Crippen LogP contribution in [0.15, 0.2) is 0 Å². The average molecular weight is 163 g/mol. The molecule has 0 heteroatoms. The van der Waals surface area contributed by atoms with E-state index < -0.39 is 0 Å². The quantitative estimate of drug-likeness (QED) is 0.555. The fraction of sp³-hybridized carbons (Fsp3) is 0.917. The summed E-state index contributed by atoms with van der Waals surface area (Å²) in [4.78, 5) is 0. The summed E-state index contributed by atoms with van der Waals surface area (Å²) in [7, 11) is 0. The molecule has 0 aliphatic heterocycles. The molecule has 0 aromatic heterocycles. The Morgan fingerprint density at radius 3 is 1.67 bits per heavy atom. The van der Waals surface area contributed by atoms with Crippen molar-refractivity contribution in [2.45, 2.75) is 44.9 Å². The minimum Gasteiger partial charge on any atom is -0.0528 e. The minimum absolute atomic E-state index is 0.731. The van der Waals surface area contributed by atoms with Crippen LogP contribution in [0.2, 0.25) is 0 Å². The highest BCUT2D eigenvalue weighted by Crippen LogP contribution is 2.61. The lowest BCUT2D eigenvalue weighted by atomic mass is 9.49. The second kappa shape index (κ2) is 2.27. The van der Waals surface area contributed by atoms with Gasteiger partial charge in [0.2, 0.25) is 0 Å². The normalized spacial score (nSPS) is 56.2. The molecular formula is C12H19. The molecule has 0 nitrogen and oxygen atoms in total. The molecule has 0 spiro atoms. The van der Waals surface area contributed by atoms with Crippen LogP contribution in [-0.4, -0.2) is 0 Å². The molecule has 4 aliphatic rings. The largest absolute Gasteiger partial charge is 0.0528 e. The van der Waals surface area contributed by atoms with Gasteiger partial charge in [-0.15, -0.1) is 0 Å². The van der Waals surface area contributed by atoms with Crippen LogP contribution in [0.5, 0.6) is 0 Å². The Kier molecular flexibility index (Phi) is 1.40. The van der Waals surface area contributed by atoms with Crippen LogP contribution in [-0.2, 0) is 0 Å². The topological polar surface area (TPSA) is 0 Å². The molecule has 4 rings (SSSR count). The summed E-state index contributed by atoms with van der Waals surface area (Å²) in [5.41, 5.74) is 0.731. The molecule has 0 aromatic rings. The van der Waals surface area contributed by atoms with Gasteiger partial charge in [0.05, 0.1) is 0 Å². The molecule has 4 bridgehead atoms. The second-order valence-electron chi connectivity index (χ2n) is 5.67. The van der Waals surface area contributed by atoms with Gasteiger partial charge < -0.3 is 0 Å². The Labute approximate surface area is 75.7 Å². The van der Waals surface area contributed by atoms with Crippen molar-refractivity contribution in [3.63, 3.8) is 0 Å². The summed E-state index contributed by atoms with van der Waals surface area (Å²) in [6, 6.07) is 0. The van der Waals surface area contributed by atoms with Gasteiger partial charge in [-0.1, -0.05) is 6.92 Å². The van der Waals surface area contributed by atoms with Gasteiger partial charge >= 0.3 is 0 Å². The zero-order valence-electron chi connectivity index (χ0n) is 7.89. The molecule has 12 heavy (non-hydrogen) atoms. The smallest absolute Gasteiger partial charge is 0.0290 e. The number of hydrogen-bond donors (Lipinski definition) is 0. The predicted molar refractivity (Wildman–Crippen MR) is 50.6 cm³/mol. The Bertz CT molecular complexity index is 157. The SMILES string of the molecule is [CH2]CC12CC3CC(CC(C3)C1)C2. The van der Waals surface area contributed by atoms with Crippen LogP contribution in [0.3, 0.4) is 0 Å². The first-order valence-corrected chi connectivity index (χ1v) is 5.59. The molecular weight excluding hydrogens is 144 g/mol. The molecule has 0 N–H and O–H groups in total. The first-order chi connectivity index (χ1) is 5.80. The molecule has 0 unspecified atom stereocenters. The van der Waals surface area contributed by atoms with Crippen molar-refractivity contribution in [2.24, 2.45) is 23.2 Å². The zero-order valence-corrected chi connectivity index (χ0v) is 7.89. The monoisotopic (exact) mass is 163 g/mol. The van der Waals surface area contributed by atoms with Crippen molar-refractivity contribution in [2.75, 3.05) is 0 Å². The van der Waals surface area contributed by atoms with Gasteiger partial charge in [-0.05, 0) is 68.1 Å². The van der Waals surface area contributed by atoms with E-state index in [4.69, 9.17) is 0 Å². The molecule has 0 aromatic carbocycles. The Hall–Kier alpha value is 0. The van der Waals surface area contributed by atoms with E-state index in [1.165, 1.54) is 25.7 Å². The van der Waals surface area contributed by atoms with E-state index in [0.717, 1.165) is 23.2 Å². The van der Waals surface area contributed by atoms with Gasteiger partial charge in [0.15, 0.2) is 0 Å². The highest BCUT2D eigenvalue weighted by atomic mass is 14.5. The summed E-state index contributed by atoms with van der Waals surface area (Å²) in [5.74, 6) is 3.33. The fourth-order valence-electron chi connectivity index (χ4n) is 4.60. The standard InChI is InChI=1S/C12H19/c1-2-12-6-9-3-10(7-12)5-11(4-9)8-12/h9-11H,1-8H2. The summed E-state index contributed by atoms with van der Waals surface area (Å²) in [6.45, 7) is 4.18. The van der Waals surface area contributed by atoms with E-state index in [9.17, 15) is 0 Å². The molecule has 1 radical (unpaired) electrons. The summed E-state index contributed by atoms with van der Waals surface area (Å²) in [6.07, 6.45) is 10.5. The molecule has 0 heterocycles. The lowest BCUT2D eigenvalue weighted by Crippen LogP contribution is -2.45. The maximum atomic E-state index is 4.18. The van der Waals surface area contributed by atoms with Crippen LogP contribution in [0.25, 0.3) is 0 Å². The number of rotatable bonds is 1. The molecule has 67 valence electrons. The van der Waals surface area contributed by atoms with Crippen LogP contribution < -0.4 is 0 Å². The van der Waals surface area contributed by atoms with Crippen molar-refractivity contribution in [3.05, 3.63) is 6.92 Å². The highest BCUT2D eigenvalue weighted by molar-refractivity contribution is 5.01. The van der Waals surface area contributed by atoms with E-state index in [0.29, 0.717) is 0 Å². The Morgan fingerprint density at radius 1 is 0.917 bits per heavy atom. The molecule has 4 fully saturated rings. The molecule has 4 aliphatic carbocycles. The molecule has 0 amide bonds. The maximum Gasteiger partial charge on any atom is -0.0290 e. The average Bonchev–Trinajstić information content (AvgIpc) is 2.02.